The molecule has 8 nitrogen and oxygen atoms in total. The molecule has 0 radical (unpaired) electrons. The van der Waals surface area contributed by atoms with E-state index in [1.54, 1.807) is 30.3 Å². The number of hydrogen-bond donors (Lipinski definition) is 5. The van der Waals surface area contributed by atoms with Crippen molar-refractivity contribution in [1.82, 2.24) is 5.43 Å². The fraction of sp³-hybridized carbons (Fsp3) is 0.0476. The van der Waals surface area contributed by atoms with E-state index in [-0.39, 0.29) is 37.1 Å². The van der Waals surface area contributed by atoms with Crippen molar-refractivity contribution in [2.24, 2.45) is 5.73 Å². The number of phenols is 2. The standard InChI is InChI=1S/C21H11Br4N3O5S/c22-11-4-9-17(13(24)15(11)29)32-18-10(5-12(23)16(30)14(18)25)21(9)8-2-1-6(27-28-20(26)34)3-7(8)19(31)33-21/h1-5,27,29-30H,(H3,26,28,34). The number of anilines is 1. The van der Waals surface area contributed by atoms with Gasteiger partial charge in [0.25, 0.3) is 0 Å². The summed E-state index contributed by atoms with van der Waals surface area (Å²) in [7, 11) is 0. The number of thiocarbonyl (C=S) groups is 1. The Hall–Kier alpha value is -2.06. The number of halogens is 4. The van der Waals surface area contributed by atoms with Crippen molar-refractivity contribution in [3.05, 3.63) is 70.5 Å². The summed E-state index contributed by atoms with van der Waals surface area (Å²) in [6.45, 7) is 0. The van der Waals surface area contributed by atoms with Crippen molar-refractivity contribution >= 4 is 92.7 Å². The number of nitrogens with two attached hydrogens (primary N) is 1. The molecular weight excluding hydrogens is 726 g/mol. The summed E-state index contributed by atoms with van der Waals surface area (Å²) in [4.78, 5) is 13.2. The number of fused-ring (bicyclic) bond motifs is 6. The number of ether oxygens (including phenoxy) is 2. The zero-order valence-electron chi connectivity index (χ0n) is 16.5. The third-order valence-electron chi connectivity index (χ3n) is 5.46. The molecule has 3 aromatic carbocycles. The Kier molecular flexibility index (Phi) is 5.75. The van der Waals surface area contributed by atoms with E-state index in [2.05, 4.69) is 74.6 Å². The molecule has 0 saturated carbocycles. The number of carbonyl (C=O) groups excluding carboxylic acids is 1. The molecule has 13 heteroatoms. The van der Waals surface area contributed by atoms with Crippen molar-refractivity contribution in [2.45, 2.75) is 5.60 Å². The predicted molar refractivity (Wildman–Crippen MR) is 142 cm³/mol. The molecule has 0 aromatic heterocycles. The molecule has 6 N–H and O–H groups in total. The van der Waals surface area contributed by atoms with E-state index < -0.39 is 11.6 Å². The largest absolute Gasteiger partial charge is 0.505 e. The van der Waals surface area contributed by atoms with E-state index >= 15 is 0 Å². The first kappa shape index (κ1) is 23.7. The Bertz CT molecular complexity index is 1390. The minimum atomic E-state index is -1.44. The van der Waals surface area contributed by atoms with Crippen molar-refractivity contribution in [3.8, 4) is 23.0 Å². The third-order valence-corrected chi connectivity index (χ3v) is 8.24. The third kappa shape index (κ3) is 3.32. The van der Waals surface area contributed by atoms with Crippen LogP contribution >= 0.6 is 75.9 Å². The van der Waals surface area contributed by atoms with E-state index in [0.29, 0.717) is 36.9 Å². The fourth-order valence-corrected chi connectivity index (χ4v) is 6.49. The maximum Gasteiger partial charge on any atom is 0.340 e. The number of phenolic OH excluding ortho intramolecular Hbond substituents is 2. The first-order chi connectivity index (χ1) is 16.1. The quantitative estimate of drug-likeness (QED) is 0.125. The first-order valence-electron chi connectivity index (χ1n) is 9.36. The number of benzene rings is 3. The van der Waals surface area contributed by atoms with Gasteiger partial charge < -0.3 is 25.4 Å². The number of esters is 1. The summed E-state index contributed by atoms with van der Waals surface area (Å²) in [5.74, 6) is -0.305. The number of rotatable bonds is 2. The summed E-state index contributed by atoms with van der Waals surface area (Å²) >= 11 is 18.3. The Morgan fingerprint density at radius 1 is 0.941 bits per heavy atom. The van der Waals surface area contributed by atoms with Crippen molar-refractivity contribution in [3.63, 3.8) is 0 Å². The molecule has 34 heavy (non-hydrogen) atoms. The molecule has 0 amide bonds. The zero-order valence-corrected chi connectivity index (χ0v) is 23.7. The molecule has 3 aromatic rings. The first-order valence-corrected chi connectivity index (χ1v) is 12.9. The SMILES string of the molecule is NC(=S)NNc1ccc2c(c1)C(=O)OC21c2cc(Br)c(O)c(Br)c2Oc2c1cc(Br)c(O)c2Br. The average molecular weight is 737 g/mol. The van der Waals surface area contributed by atoms with Gasteiger partial charge in [0.1, 0.15) is 20.4 Å². The van der Waals surface area contributed by atoms with Gasteiger partial charge in [-0.3, -0.25) is 10.9 Å². The highest BCUT2D eigenvalue weighted by atomic mass is 79.9. The molecular formula is C21H11Br4N3O5S. The number of hydrogen-bond acceptors (Lipinski definition) is 7. The number of carbonyl (C=O) groups is 1. The number of aromatic hydroxyl groups is 2. The number of nitrogens with one attached hydrogen (secondary N) is 2. The lowest BCUT2D eigenvalue weighted by Gasteiger charge is -2.37. The predicted octanol–water partition coefficient (Wildman–Crippen LogP) is 5.88. The smallest absolute Gasteiger partial charge is 0.340 e. The van der Waals surface area contributed by atoms with Gasteiger partial charge in [0.05, 0.1) is 31.3 Å². The second kappa shape index (κ2) is 8.26. The second-order valence-electron chi connectivity index (χ2n) is 7.34. The summed E-state index contributed by atoms with van der Waals surface area (Å²) in [5.41, 5.74) is 11.8. The molecule has 0 unspecified atom stereocenters. The highest BCUT2D eigenvalue weighted by Crippen LogP contribution is 2.62. The highest BCUT2D eigenvalue weighted by Gasteiger charge is 2.55. The summed E-state index contributed by atoms with van der Waals surface area (Å²) in [5, 5.41) is 21.1. The van der Waals surface area contributed by atoms with Crippen LogP contribution in [0.25, 0.3) is 0 Å². The van der Waals surface area contributed by atoms with Gasteiger partial charge in [0.15, 0.2) is 22.2 Å². The molecule has 0 aliphatic carbocycles. The Balaban J connectivity index is 1.84. The molecule has 0 bridgehead atoms. The van der Waals surface area contributed by atoms with Crippen LogP contribution in [0.3, 0.4) is 0 Å². The van der Waals surface area contributed by atoms with Crippen LogP contribution in [-0.2, 0) is 10.3 Å². The molecule has 2 aliphatic rings. The maximum atomic E-state index is 13.2. The van der Waals surface area contributed by atoms with Crippen molar-refractivity contribution in [2.75, 3.05) is 5.43 Å². The summed E-state index contributed by atoms with van der Waals surface area (Å²) in [6.07, 6.45) is 0. The topological polar surface area (TPSA) is 126 Å². The highest BCUT2D eigenvalue weighted by molar-refractivity contribution is 9.11. The zero-order chi connectivity index (χ0) is 24.5. The second-order valence-corrected chi connectivity index (χ2v) is 11.1. The lowest BCUT2D eigenvalue weighted by molar-refractivity contribution is 0.0222. The lowest BCUT2D eigenvalue weighted by atomic mass is 9.77. The van der Waals surface area contributed by atoms with Gasteiger partial charge in [-0.25, -0.2) is 4.79 Å². The minimum Gasteiger partial charge on any atom is -0.505 e. The van der Waals surface area contributed by atoms with Crippen LogP contribution < -0.4 is 21.3 Å². The van der Waals surface area contributed by atoms with E-state index in [1.807, 2.05) is 0 Å². The van der Waals surface area contributed by atoms with E-state index in [0.717, 1.165) is 0 Å². The van der Waals surface area contributed by atoms with Crippen LogP contribution in [-0.4, -0.2) is 21.3 Å². The lowest BCUT2D eigenvalue weighted by Crippen LogP contribution is -2.34. The van der Waals surface area contributed by atoms with Crippen LogP contribution in [0, 0.1) is 0 Å². The van der Waals surface area contributed by atoms with Crippen molar-refractivity contribution in [1.29, 1.82) is 0 Å². The van der Waals surface area contributed by atoms with Gasteiger partial charge in [0.2, 0.25) is 0 Å². The molecule has 2 aliphatic heterocycles. The normalized spacial score (nSPS) is 14.5. The van der Waals surface area contributed by atoms with Gasteiger partial charge in [-0.05, 0) is 100 Å². The van der Waals surface area contributed by atoms with E-state index in [1.165, 1.54) is 0 Å². The van der Waals surface area contributed by atoms with Gasteiger partial charge in [0, 0.05) is 5.56 Å². The molecule has 2 heterocycles. The molecule has 0 saturated heterocycles. The van der Waals surface area contributed by atoms with Crippen LogP contribution in [0.15, 0.2) is 48.2 Å². The summed E-state index contributed by atoms with van der Waals surface area (Å²) in [6, 6.07) is 8.36. The van der Waals surface area contributed by atoms with Crippen LogP contribution in [0.5, 0.6) is 23.0 Å². The van der Waals surface area contributed by atoms with Gasteiger partial charge in [-0.2, -0.15) is 0 Å². The number of hydrazine groups is 1. The van der Waals surface area contributed by atoms with Crippen LogP contribution in [0.2, 0.25) is 0 Å². The van der Waals surface area contributed by atoms with Crippen LogP contribution in [0.1, 0.15) is 27.0 Å². The average Bonchev–Trinajstić information content (AvgIpc) is 3.09. The fourth-order valence-electron chi connectivity index (χ4n) is 4.03. The Morgan fingerprint density at radius 2 is 1.50 bits per heavy atom. The summed E-state index contributed by atoms with van der Waals surface area (Å²) < 4.78 is 13.5. The van der Waals surface area contributed by atoms with Gasteiger partial charge in [-0.15, -0.1) is 0 Å². The minimum absolute atomic E-state index is 0.0378. The van der Waals surface area contributed by atoms with Crippen molar-refractivity contribution < 1.29 is 24.5 Å². The Morgan fingerprint density at radius 3 is 2.03 bits per heavy atom. The van der Waals surface area contributed by atoms with E-state index in [4.69, 9.17) is 27.4 Å². The van der Waals surface area contributed by atoms with E-state index in [9.17, 15) is 15.0 Å². The van der Waals surface area contributed by atoms with Gasteiger partial charge >= 0.3 is 5.97 Å². The van der Waals surface area contributed by atoms with Gasteiger partial charge in [-0.1, -0.05) is 6.07 Å². The van der Waals surface area contributed by atoms with Crippen LogP contribution in [0.4, 0.5) is 5.69 Å². The molecule has 1 spiro atoms. The molecule has 174 valence electrons. The molecule has 0 fully saturated rings. The Labute approximate surface area is 231 Å². The molecule has 5 rings (SSSR count). The monoisotopic (exact) mass is 733 g/mol. The molecule has 0 atom stereocenters. The maximum absolute atomic E-state index is 13.2.